The molecule has 0 amide bonds. The third kappa shape index (κ3) is 5.39. The Morgan fingerprint density at radius 3 is 2.24 bits per heavy atom. The van der Waals surface area contributed by atoms with Crippen LogP contribution in [0.2, 0.25) is 0 Å². The number of nitrogens with zero attached hydrogens (tertiary/aromatic N) is 2. The van der Waals surface area contributed by atoms with Gasteiger partial charge in [0, 0.05) is 17.4 Å². The van der Waals surface area contributed by atoms with Crippen molar-refractivity contribution in [2.75, 3.05) is 5.32 Å². The van der Waals surface area contributed by atoms with E-state index >= 15 is 0 Å². The molecule has 2 N–H and O–H groups in total. The molecule has 5 aromatic rings. The van der Waals surface area contributed by atoms with Crippen LogP contribution in [-0.2, 0) is 11.3 Å². The maximum Gasteiger partial charge on any atom is 0.338 e. The van der Waals surface area contributed by atoms with E-state index in [-0.39, 0.29) is 12.6 Å². The Morgan fingerprint density at radius 1 is 0.892 bits per heavy atom. The van der Waals surface area contributed by atoms with E-state index in [2.05, 4.69) is 29.6 Å². The number of imidazole rings is 1. The number of aromatic nitrogens is 2. The first-order valence-electron chi connectivity index (χ1n) is 12.2. The van der Waals surface area contributed by atoms with E-state index in [9.17, 15) is 9.90 Å². The molecule has 0 radical (unpaired) electrons. The van der Waals surface area contributed by atoms with Crippen LogP contribution < -0.4 is 5.32 Å². The summed E-state index contributed by atoms with van der Waals surface area (Å²) in [6, 6.07) is 29.3. The van der Waals surface area contributed by atoms with Crippen LogP contribution in [0.5, 0.6) is 0 Å². The Morgan fingerprint density at radius 2 is 1.59 bits per heavy atom. The van der Waals surface area contributed by atoms with Crippen LogP contribution in [0.25, 0.3) is 28.0 Å². The summed E-state index contributed by atoms with van der Waals surface area (Å²) in [4.78, 5) is 17.4. The number of esters is 1. The van der Waals surface area contributed by atoms with E-state index in [4.69, 9.17) is 9.72 Å². The number of pyridine rings is 1. The first kappa shape index (κ1) is 24.3. The van der Waals surface area contributed by atoms with Gasteiger partial charge in [-0.3, -0.25) is 4.40 Å². The Labute approximate surface area is 216 Å². The standard InChI is InChI=1S/C31H29N3O3/c1-31(2,3)37-30(36)24-13-15-26(16-14-24)32-29-28(23-11-9-21(20-35)10-12-23)33-27-19-25(17-18-34(27)29)22-7-5-4-6-8-22/h4-19,32,35H,20H2,1-3H3. The molecule has 2 heterocycles. The number of aliphatic hydroxyl groups excluding tert-OH is 1. The summed E-state index contributed by atoms with van der Waals surface area (Å²) in [5, 5.41) is 13.0. The second-order valence-electron chi connectivity index (χ2n) is 9.88. The monoisotopic (exact) mass is 491 g/mol. The molecular formula is C31H29N3O3. The SMILES string of the molecule is CC(C)(C)OC(=O)c1ccc(Nc2c(-c3ccc(CO)cc3)nc3cc(-c4ccccc4)ccn23)cc1. The average molecular weight is 492 g/mol. The lowest BCUT2D eigenvalue weighted by Gasteiger charge is -2.19. The molecule has 0 fully saturated rings. The minimum atomic E-state index is -0.552. The zero-order chi connectivity index (χ0) is 26.0. The number of anilines is 2. The lowest BCUT2D eigenvalue weighted by molar-refractivity contribution is 0.00695. The quantitative estimate of drug-likeness (QED) is 0.254. The van der Waals surface area contributed by atoms with E-state index in [0.717, 1.165) is 45.1 Å². The maximum absolute atomic E-state index is 12.4. The van der Waals surface area contributed by atoms with Crippen molar-refractivity contribution in [3.8, 4) is 22.4 Å². The van der Waals surface area contributed by atoms with Crippen molar-refractivity contribution in [2.24, 2.45) is 0 Å². The summed E-state index contributed by atoms with van der Waals surface area (Å²) in [6.07, 6.45) is 2.01. The van der Waals surface area contributed by atoms with Gasteiger partial charge < -0.3 is 15.2 Å². The first-order valence-corrected chi connectivity index (χ1v) is 12.2. The van der Waals surface area contributed by atoms with Crippen molar-refractivity contribution in [2.45, 2.75) is 33.0 Å². The smallest absolute Gasteiger partial charge is 0.338 e. The normalized spacial score (nSPS) is 11.5. The number of fused-ring (bicyclic) bond motifs is 1. The van der Waals surface area contributed by atoms with Crippen LogP contribution in [0, 0.1) is 0 Å². The van der Waals surface area contributed by atoms with Crippen molar-refractivity contribution in [3.63, 3.8) is 0 Å². The lowest BCUT2D eigenvalue weighted by atomic mass is 10.1. The van der Waals surface area contributed by atoms with Crippen LogP contribution in [0.15, 0.2) is 97.2 Å². The molecule has 2 aromatic heterocycles. The number of hydrogen-bond acceptors (Lipinski definition) is 5. The number of nitrogens with one attached hydrogen (secondary N) is 1. The minimum Gasteiger partial charge on any atom is -0.456 e. The largest absolute Gasteiger partial charge is 0.456 e. The molecule has 0 saturated carbocycles. The van der Waals surface area contributed by atoms with Crippen LogP contribution in [0.1, 0.15) is 36.7 Å². The number of aliphatic hydroxyl groups is 1. The maximum atomic E-state index is 12.4. The zero-order valence-electron chi connectivity index (χ0n) is 21.1. The zero-order valence-corrected chi connectivity index (χ0v) is 21.1. The first-order chi connectivity index (χ1) is 17.8. The van der Waals surface area contributed by atoms with Crippen LogP contribution in [0.4, 0.5) is 11.5 Å². The molecule has 0 saturated heterocycles. The Bertz CT molecular complexity index is 1530. The van der Waals surface area contributed by atoms with Gasteiger partial charge in [-0.2, -0.15) is 0 Å². The molecule has 186 valence electrons. The second-order valence-corrected chi connectivity index (χ2v) is 9.88. The van der Waals surface area contributed by atoms with E-state index < -0.39 is 5.60 Å². The molecule has 6 heteroatoms. The third-order valence-corrected chi connectivity index (χ3v) is 5.93. The summed E-state index contributed by atoms with van der Waals surface area (Å²) < 4.78 is 7.50. The predicted molar refractivity (Wildman–Crippen MR) is 147 cm³/mol. The van der Waals surface area contributed by atoms with Gasteiger partial charge in [0.15, 0.2) is 0 Å². The van der Waals surface area contributed by atoms with Crippen molar-refractivity contribution in [3.05, 3.63) is 108 Å². The van der Waals surface area contributed by atoms with E-state index in [1.54, 1.807) is 12.1 Å². The van der Waals surface area contributed by atoms with Crippen molar-refractivity contribution < 1.29 is 14.6 Å². The van der Waals surface area contributed by atoms with Crippen molar-refractivity contribution in [1.29, 1.82) is 0 Å². The fourth-order valence-corrected chi connectivity index (χ4v) is 4.11. The van der Waals surface area contributed by atoms with Gasteiger partial charge >= 0.3 is 5.97 Å². The number of rotatable bonds is 6. The van der Waals surface area contributed by atoms with E-state index in [0.29, 0.717) is 5.56 Å². The lowest BCUT2D eigenvalue weighted by Crippen LogP contribution is -2.23. The molecule has 5 rings (SSSR count). The Balaban J connectivity index is 1.54. The molecule has 0 aliphatic carbocycles. The highest BCUT2D eigenvalue weighted by atomic mass is 16.6. The van der Waals surface area contributed by atoms with Gasteiger partial charge in [0.1, 0.15) is 22.8 Å². The number of ether oxygens (including phenoxy) is 1. The van der Waals surface area contributed by atoms with Gasteiger partial charge in [-0.05, 0) is 73.9 Å². The van der Waals surface area contributed by atoms with E-state index in [1.165, 1.54) is 0 Å². The fraction of sp³-hybridized carbons (Fsp3) is 0.161. The molecule has 0 unspecified atom stereocenters. The second kappa shape index (κ2) is 9.91. The summed E-state index contributed by atoms with van der Waals surface area (Å²) in [5.41, 5.74) is 6.30. The minimum absolute atomic E-state index is 0.0129. The number of carbonyl (C=O) groups excluding carboxylic acids is 1. The third-order valence-electron chi connectivity index (χ3n) is 5.93. The molecular weight excluding hydrogens is 462 g/mol. The van der Waals surface area contributed by atoms with Gasteiger partial charge in [0.2, 0.25) is 0 Å². The fourth-order valence-electron chi connectivity index (χ4n) is 4.11. The molecule has 0 aliphatic heterocycles. The molecule has 0 aliphatic rings. The van der Waals surface area contributed by atoms with Gasteiger partial charge in [-0.15, -0.1) is 0 Å². The Kier molecular flexibility index (Phi) is 6.51. The highest BCUT2D eigenvalue weighted by Gasteiger charge is 2.19. The number of hydrogen-bond donors (Lipinski definition) is 2. The van der Waals surface area contributed by atoms with Gasteiger partial charge in [0.05, 0.1) is 12.2 Å². The summed E-state index contributed by atoms with van der Waals surface area (Å²) >= 11 is 0. The van der Waals surface area contributed by atoms with Gasteiger partial charge in [0.25, 0.3) is 0 Å². The molecule has 0 atom stereocenters. The molecule has 6 nitrogen and oxygen atoms in total. The molecule has 37 heavy (non-hydrogen) atoms. The topological polar surface area (TPSA) is 75.9 Å². The van der Waals surface area contributed by atoms with Crippen molar-refractivity contribution in [1.82, 2.24) is 9.38 Å². The summed E-state index contributed by atoms with van der Waals surface area (Å²) in [7, 11) is 0. The highest BCUT2D eigenvalue weighted by Crippen LogP contribution is 2.33. The highest BCUT2D eigenvalue weighted by molar-refractivity contribution is 5.90. The Hall–Kier alpha value is -4.42. The molecule has 3 aromatic carbocycles. The van der Waals surface area contributed by atoms with E-state index in [1.807, 2.05) is 86.0 Å². The summed E-state index contributed by atoms with van der Waals surface area (Å²) in [6.45, 7) is 5.54. The van der Waals surface area contributed by atoms with Crippen LogP contribution >= 0.6 is 0 Å². The predicted octanol–water partition coefficient (Wildman–Crippen LogP) is 6.86. The molecule has 0 bridgehead atoms. The van der Waals surface area contributed by atoms with Gasteiger partial charge in [-0.25, -0.2) is 9.78 Å². The number of carbonyl (C=O) groups is 1. The summed E-state index contributed by atoms with van der Waals surface area (Å²) in [5.74, 6) is 0.448. The molecule has 0 spiro atoms. The van der Waals surface area contributed by atoms with Crippen molar-refractivity contribution >= 4 is 23.1 Å². The number of benzene rings is 3. The van der Waals surface area contributed by atoms with Crippen LogP contribution in [-0.4, -0.2) is 26.1 Å². The van der Waals surface area contributed by atoms with Gasteiger partial charge in [-0.1, -0.05) is 54.6 Å². The van der Waals surface area contributed by atoms with Crippen LogP contribution in [0.3, 0.4) is 0 Å². The average Bonchev–Trinajstić information content (AvgIpc) is 3.26.